The number of fused-ring (bicyclic) bond motifs is 2. The van der Waals surface area contributed by atoms with Crippen LogP contribution in [0.15, 0.2) is 28.7 Å². The molecule has 1 heterocycles. The number of hydrogen-bond donors (Lipinski definition) is 6. The van der Waals surface area contributed by atoms with Gasteiger partial charge in [0.15, 0.2) is 11.4 Å². The van der Waals surface area contributed by atoms with E-state index in [2.05, 4.69) is 5.32 Å². The molecular weight excluding hydrogens is 461 g/mol. The highest BCUT2D eigenvalue weighted by atomic mass is 19.1. The number of aliphatic hydroxyl groups is 3. The zero-order chi connectivity index (χ0) is 25.6. The summed E-state index contributed by atoms with van der Waals surface area (Å²) in [5, 5.41) is 47.1. The van der Waals surface area contributed by atoms with E-state index in [4.69, 9.17) is 10.5 Å². The summed E-state index contributed by atoms with van der Waals surface area (Å²) in [5.41, 5.74) is 2.90. The Labute approximate surface area is 200 Å². The van der Waals surface area contributed by atoms with Crippen LogP contribution in [-0.2, 0) is 22.5 Å². The van der Waals surface area contributed by atoms with E-state index in [9.17, 15) is 30.0 Å². The highest BCUT2D eigenvalue weighted by Crippen LogP contribution is 2.68. The largest absolute Gasteiger partial charge is 0.510 e. The van der Waals surface area contributed by atoms with Crippen molar-refractivity contribution in [2.75, 3.05) is 20.6 Å². The second kappa shape index (κ2) is 7.50. The van der Waals surface area contributed by atoms with Crippen LogP contribution in [0.1, 0.15) is 34.8 Å². The molecule has 10 nitrogen and oxygen atoms in total. The smallest absolute Gasteiger partial charge is 0.253 e. The van der Waals surface area contributed by atoms with Crippen LogP contribution in [0.3, 0.4) is 0 Å². The lowest BCUT2D eigenvalue weighted by Gasteiger charge is -2.45. The van der Waals surface area contributed by atoms with Gasteiger partial charge in [-0.05, 0) is 45.5 Å². The van der Waals surface area contributed by atoms with Gasteiger partial charge in [-0.3, -0.25) is 14.5 Å². The molecule has 5 rings (SSSR count). The van der Waals surface area contributed by atoms with E-state index >= 15 is 4.39 Å². The zero-order valence-electron chi connectivity index (χ0n) is 19.6. The molecule has 188 valence electrons. The number of rotatable bonds is 5. The fourth-order valence-corrected chi connectivity index (χ4v) is 6.35. The van der Waals surface area contributed by atoms with Crippen molar-refractivity contribution in [2.24, 2.45) is 17.6 Å². The molecule has 1 aromatic carbocycles. The minimum atomic E-state index is -2.41. The molecular formula is C24H28FN3O7. The second-order valence-corrected chi connectivity index (χ2v) is 9.85. The maximum atomic E-state index is 15.4. The Morgan fingerprint density at radius 1 is 1.34 bits per heavy atom. The number of phenolic OH excluding ortho intramolecular Hbond substituents is 1. The SMILES string of the molecule is CCNCc1cc(O)c2c(c1F)CC1C[C@H]3[C@H](N(C)C)C(O)=C(C(N)=O)C4(O)O[C@]34C(O)=C1C2=O. The van der Waals surface area contributed by atoms with Gasteiger partial charge >= 0.3 is 0 Å². The molecule has 0 radical (unpaired) electrons. The average Bonchev–Trinajstić information content (AvgIpc) is 3.40. The van der Waals surface area contributed by atoms with Crippen LogP contribution in [0, 0.1) is 17.7 Å². The predicted molar refractivity (Wildman–Crippen MR) is 120 cm³/mol. The summed E-state index contributed by atoms with van der Waals surface area (Å²) in [7, 11) is 3.28. The van der Waals surface area contributed by atoms with Gasteiger partial charge in [-0.25, -0.2) is 4.39 Å². The number of ether oxygens (including phenoxy) is 1. The number of hydrogen-bond acceptors (Lipinski definition) is 9. The number of aliphatic hydroxyl groups excluding tert-OH is 2. The van der Waals surface area contributed by atoms with Crippen LogP contribution in [0.25, 0.3) is 0 Å². The first kappa shape index (κ1) is 23.7. The van der Waals surface area contributed by atoms with Gasteiger partial charge in [-0.2, -0.15) is 0 Å². The number of nitrogens with zero attached hydrogens (tertiary/aromatic N) is 1. The third-order valence-corrected chi connectivity index (χ3v) is 7.81. The number of ketones is 1. The number of nitrogens with one attached hydrogen (secondary N) is 1. The summed E-state index contributed by atoms with van der Waals surface area (Å²) in [4.78, 5) is 27.3. The van der Waals surface area contributed by atoms with Crippen LogP contribution in [0.2, 0.25) is 0 Å². The van der Waals surface area contributed by atoms with E-state index in [1.54, 1.807) is 19.0 Å². The molecule has 1 amide bonds. The third kappa shape index (κ3) is 2.83. The van der Waals surface area contributed by atoms with E-state index in [0.29, 0.717) is 6.54 Å². The highest BCUT2D eigenvalue weighted by Gasteiger charge is 2.84. The molecule has 1 aromatic rings. The molecule has 0 saturated carbocycles. The van der Waals surface area contributed by atoms with Gasteiger partial charge in [0.2, 0.25) is 5.79 Å². The number of carbonyl (C=O) groups is 2. The first-order valence-electron chi connectivity index (χ1n) is 11.5. The molecule has 1 fully saturated rings. The Balaban J connectivity index is 1.68. The summed E-state index contributed by atoms with van der Waals surface area (Å²) >= 11 is 0. The normalized spacial score (nSPS) is 33.3. The Kier molecular flexibility index (Phi) is 5.09. The number of Topliss-reactive ketones (excluding diaryl/α,β-unsaturated/α-hetero) is 1. The second-order valence-electron chi connectivity index (χ2n) is 9.85. The third-order valence-electron chi connectivity index (χ3n) is 7.81. The summed E-state index contributed by atoms with van der Waals surface area (Å²) < 4.78 is 21.0. The first-order chi connectivity index (χ1) is 16.4. The zero-order valence-corrected chi connectivity index (χ0v) is 19.6. The van der Waals surface area contributed by atoms with Crippen molar-refractivity contribution in [3.05, 3.63) is 51.2 Å². The van der Waals surface area contributed by atoms with Crippen molar-refractivity contribution in [3.63, 3.8) is 0 Å². The minimum absolute atomic E-state index is 0.0120. The number of phenols is 1. The van der Waals surface area contributed by atoms with E-state index in [0.717, 1.165) is 0 Å². The van der Waals surface area contributed by atoms with E-state index in [-0.39, 0.29) is 41.6 Å². The maximum absolute atomic E-state index is 15.4. The van der Waals surface area contributed by atoms with Crippen molar-refractivity contribution in [1.29, 1.82) is 0 Å². The summed E-state index contributed by atoms with van der Waals surface area (Å²) in [6.45, 7) is 2.61. The van der Waals surface area contributed by atoms with Gasteiger partial charge in [0.05, 0.1) is 11.6 Å². The number of aromatic hydroxyl groups is 1. The Bertz CT molecular complexity index is 1240. The van der Waals surface area contributed by atoms with Crippen LogP contribution in [0.4, 0.5) is 4.39 Å². The van der Waals surface area contributed by atoms with E-state index in [1.165, 1.54) is 6.07 Å². The van der Waals surface area contributed by atoms with Crippen LogP contribution >= 0.6 is 0 Å². The first-order valence-corrected chi connectivity index (χ1v) is 11.5. The van der Waals surface area contributed by atoms with Crippen LogP contribution in [0.5, 0.6) is 5.75 Å². The van der Waals surface area contributed by atoms with Gasteiger partial charge in [-0.15, -0.1) is 0 Å². The molecule has 11 heteroatoms. The molecule has 1 spiro atoms. The summed E-state index contributed by atoms with van der Waals surface area (Å²) in [5.74, 6) is -7.84. The van der Waals surface area contributed by atoms with E-state index in [1.807, 2.05) is 6.92 Å². The lowest BCUT2D eigenvalue weighted by Crippen LogP contribution is -2.57. The summed E-state index contributed by atoms with van der Waals surface area (Å²) in [6.07, 6.45) is 0.140. The molecule has 35 heavy (non-hydrogen) atoms. The standard InChI is InChI=1S/C24H28FN3O7/c1-4-27-8-10-7-13(29)15-11(17(10)25)5-9-6-12-18(28(2)3)20(31)16(22(26)33)24(34)23(12,35-24)21(32)14(9)19(15)30/h7,9,12,18,27,29,31-32,34H,4-6,8H2,1-3H3,(H2,26,33)/t9?,12-,18-,23-,24?/m0/s1. The van der Waals surface area contributed by atoms with Gasteiger partial charge in [-0.1, -0.05) is 6.92 Å². The topological polar surface area (TPSA) is 169 Å². The predicted octanol–water partition coefficient (Wildman–Crippen LogP) is 0.527. The molecule has 0 bridgehead atoms. The molecule has 5 atom stereocenters. The fourth-order valence-electron chi connectivity index (χ4n) is 6.35. The molecule has 1 saturated heterocycles. The number of halogens is 1. The number of allylic oxidation sites excluding steroid dienone is 1. The average molecular weight is 490 g/mol. The van der Waals surface area contributed by atoms with Crippen LogP contribution < -0.4 is 11.1 Å². The number of nitrogens with two attached hydrogens (primary N) is 1. The van der Waals surface area contributed by atoms with Gasteiger partial charge < -0.3 is 36.2 Å². The molecule has 0 aromatic heterocycles. The lowest BCUT2D eigenvalue weighted by molar-refractivity contribution is -0.117. The van der Waals surface area contributed by atoms with Crippen molar-refractivity contribution < 1.29 is 39.1 Å². The molecule has 2 unspecified atom stereocenters. The fraction of sp³-hybridized carbons (Fsp3) is 0.500. The van der Waals surface area contributed by atoms with Crippen molar-refractivity contribution >= 4 is 11.7 Å². The van der Waals surface area contributed by atoms with Gasteiger partial charge in [0.1, 0.15) is 28.7 Å². The maximum Gasteiger partial charge on any atom is 0.253 e. The molecule has 3 aliphatic carbocycles. The molecule has 7 N–H and O–H groups in total. The summed E-state index contributed by atoms with van der Waals surface area (Å²) in [6, 6.07) is 0.314. The Hall–Kier alpha value is -2.99. The number of likely N-dealkylation sites (N-methyl/N-ethyl adjacent to an activating group) is 1. The number of benzene rings is 1. The number of carbonyl (C=O) groups excluding carboxylic acids is 2. The van der Waals surface area contributed by atoms with Gasteiger partial charge in [0.25, 0.3) is 5.91 Å². The minimum Gasteiger partial charge on any atom is -0.510 e. The Morgan fingerprint density at radius 2 is 2.03 bits per heavy atom. The van der Waals surface area contributed by atoms with Crippen molar-refractivity contribution in [1.82, 2.24) is 10.2 Å². The highest BCUT2D eigenvalue weighted by molar-refractivity contribution is 6.13. The Morgan fingerprint density at radius 3 is 2.63 bits per heavy atom. The quantitative estimate of drug-likeness (QED) is 0.323. The number of amides is 1. The monoisotopic (exact) mass is 489 g/mol. The number of epoxide rings is 1. The van der Waals surface area contributed by atoms with Crippen LogP contribution in [-0.4, -0.2) is 75.1 Å². The van der Waals surface area contributed by atoms with Crippen molar-refractivity contribution in [2.45, 2.75) is 43.7 Å². The number of primary amides is 1. The van der Waals surface area contributed by atoms with Crippen molar-refractivity contribution in [3.8, 4) is 5.75 Å². The molecule has 4 aliphatic rings. The van der Waals surface area contributed by atoms with E-state index < -0.39 is 69.6 Å². The lowest BCUT2D eigenvalue weighted by atomic mass is 9.60. The molecule has 1 aliphatic heterocycles. The van der Waals surface area contributed by atoms with Gasteiger partial charge in [0, 0.05) is 29.2 Å².